The van der Waals surface area contributed by atoms with E-state index < -0.39 is 0 Å². The SMILES string of the molecule is [c]1c(-c2cnccn2)c2cc3c(cc2c2ccccc12)=CC1CCC1C=3. The van der Waals surface area contributed by atoms with Gasteiger partial charge < -0.3 is 0 Å². The van der Waals surface area contributed by atoms with E-state index in [9.17, 15) is 0 Å². The molecule has 2 aliphatic carbocycles. The topological polar surface area (TPSA) is 25.8 Å². The zero-order valence-electron chi connectivity index (χ0n) is 14.3. The minimum absolute atomic E-state index is 0.726. The van der Waals surface area contributed by atoms with Crippen LogP contribution in [0.25, 0.3) is 45.0 Å². The summed E-state index contributed by atoms with van der Waals surface area (Å²) in [6.45, 7) is 0. The van der Waals surface area contributed by atoms with E-state index in [0.717, 1.165) is 28.5 Å². The van der Waals surface area contributed by atoms with Gasteiger partial charge in [0.15, 0.2) is 0 Å². The predicted octanol–water partition coefficient (Wildman–Crippen LogP) is 3.85. The average Bonchev–Trinajstić information content (AvgIpc) is 2.68. The third-order valence-corrected chi connectivity index (χ3v) is 5.96. The highest BCUT2D eigenvalue weighted by molar-refractivity contribution is 6.13. The average molecular weight is 333 g/mol. The minimum Gasteiger partial charge on any atom is -0.261 e. The maximum absolute atomic E-state index is 4.54. The van der Waals surface area contributed by atoms with E-state index in [1.807, 2.05) is 6.20 Å². The van der Waals surface area contributed by atoms with Crippen LogP contribution in [0.1, 0.15) is 12.8 Å². The monoisotopic (exact) mass is 333 g/mol. The van der Waals surface area contributed by atoms with Crippen LogP contribution in [-0.4, -0.2) is 9.97 Å². The predicted molar refractivity (Wildman–Crippen MR) is 106 cm³/mol. The van der Waals surface area contributed by atoms with Crippen LogP contribution >= 0.6 is 0 Å². The first kappa shape index (κ1) is 14.2. The van der Waals surface area contributed by atoms with Crippen LogP contribution in [-0.2, 0) is 0 Å². The second-order valence-electron chi connectivity index (χ2n) is 7.40. The molecule has 6 rings (SSSR count). The molecule has 1 fully saturated rings. The highest BCUT2D eigenvalue weighted by atomic mass is 14.8. The smallest absolute Gasteiger partial charge is 0.0897 e. The zero-order chi connectivity index (χ0) is 17.1. The molecule has 0 aliphatic heterocycles. The molecule has 0 saturated heterocycles. The van der Waals surface area contributed by atoms with Crippen molar-refractivity contribution in [2.45, 2.75) is 12.8 Å². The van der Waals surface area contributed by atoms with Gasteiger partial charge in [-0.1, -0.05) is 36.4 Å². The summed E-state index contributed by atoms with van der Waals surface area (Å²) in [7, 11) is 0. The molecule has 26 heavy (non-hydrogen) atoms. The van der Waals surface area contributed by atoms with E-state index in [1.165, 1.54) is 39.4 Å². The number of fused-ring (bicyclic) bond motifs is 5. The zero-order valence-corrected chi connectivity index (χ0v) is 14.3. The molecule has 0 amide bonds. The fourth-order valence-electron chi connectivity index (χ4n) is 4.44. The molecule has 4 aromatic rings. The molecule has 0 N–H and O–H groups in total. The Kier molecular flexibility index (Phi) is 2.87. The Balaban J connectivity index is 1.79. The third kappa shape index (κ3) is 1.99. The molecule has 1 saturated carbocycles. The van der Waals surface area contributed by atoms with Crippen molar-refractivity contribution >= 4 is 33.7 Å². The van der Waals surface area contributed by atoms with Gasteiger partial charge in [0.05, 0.1) is 11.9 Å². The molecule has 3 aromatic carbocycles. The molecule has 1 aromatic heterocycles. The molecule has 2 aliphatic rings. The largest absolute Gasteiger partial charge is 0.261 e. The van der Waals surface area contributed by atoms with E-state index in [1.54, 1.807) is 12.4 Å². The summed E-state index contributed by atoms with van der Waals surface area (Å²) < 4.78 is 0. The summed E-state index contributed by atoms with van der Waals surface area (Å²) in [5, 5.41) is 7.60. The van der Waals surface area contributed by atoms with Crippen molar-refractivity contribution in [3.05, 3.63) is 71.5 Å². The lowest BCUT2D eigenvalue weighted by Gasteiger charge is -2.34. The Hall–Kier alpha value is -3.00. The fraction of sp³-hybridized carbons (Fsp3) is 0.167. The molecule has 123 valence electrons. The van der Waals surface area contributed by atoms with Crippen LogP contribution in [0.4, 0.5) is 0 Å². The normalized spacial score (nSPS) is 20.6. The van der Waals surface area contributed by atoms with Gasteiger partial charge >= 0.3 is 0 Å². The number of hydrogen-bond acceptors (Lipinski definition) is 2. The van der Waals surface area contributed by atoms with Gasteiger partial charge in [0.2, 0.25) is 0 Å². The third-order valence-electron chi connectivity index (χ3n) is 5.96. The lowest BCUT2D eigenvalue weighted by atomic mass is 9.71. The van der Waals surface area contributed by atoms with Gasteiger partial charge in [-0.3, -0.25) is 9.97 Å². The van der Waals surface area contributed by atoms with Crippen LogP contribution in [0.3, 0.4) is 0 Å². The van der Waals surface area contributed by atoms with Crippen LogP contribution in [0.15, 0.2) is 55.0 Å². The van der Waals surface area contributed by atoms with E-state index in [2.05, 4.69) is 64.6 Å². The van der Waals surface area contributed by atoms with Crippen molar-refractivity contribution in [1.29, 1.82) is 0 Å². The Morgan fingerprint density at radius 2 is 1.62 bits per heavy atom. The molecule has 0 spiro atoms. The first-order valence-electron chi connectivity index (χ1n) is 9.25. The van der Waals surface area contributed by atoms with Gasteiger partial charge in [0.1, 0.15) is 0 Å². The van der Waals surface area contributed by atoms with Crippen LogP contribution in [0.2, 0.25) is 0 Å². The van der Waals surface area contributed by atoms with Crippen LogP contribution in [0, 0.1) is 17.9 Å². The summed E-state index contributed by atoms with van der Waals surface area (Å²) in [6, 6.07) is 16.8. The molecule has 2 heteroatoms. The molecular formula is C24H17N2. The van der Waals surface area contributed by atoms with Crippen molar-refractivity contribution < 1.29 is 0 Å². The maximum Gasteiger partial charge on any atom is 0.0897 e. The van der Waals surface area contributed by atoms with E-state index >= 15 is 0 Å². The Labute approximate surface area is 151 Å². The molecule has 1 radical (unpaired) electrons. The lowest BCUT2D eigenvalue weighted by Crippen LogP contribution is -2.37. The standard InChI is InChI=1S/C24H17N2/c1-2-4-20-17(3-1)11-23(24-14-25-7-8-26-24)22-13-19-10-16-6-5-15(16)9-18(19)12-21(20)22/h1-4,7-10,12-16H,5-6H2. The molecule has 0 bridgehead atoms. The first-order valence-corrected chi connectivity index (χ1v) is 9.25. The van der Waals surface area contributed by atoms with Gasteiger partial charge in [-0.25, -0.2) is 0 Å². The summed E-state index contributed by atoms with van der Waals surface area (Å²) in [6.07, 6.45) is 12.9. The highest BCUT2D eigenvalue weighted by Crippen LogP contribution is 2.38. The summed E-state index contributed by atoms with van der Waals surface area (Å²) in [5.41, 5.74) is 1.92. The van der Waals surface area contributed by atoms with Gasteiger partial charge in [-0.15, -0.1) is 0 Å². The number of nitrogens with zero attached hydrogens (tertiary/aromatic N) is 2. The van der Waals surface area contributed by atoms with E-state index in [4.69, 9.17) is 0 Å². The van der Waals surface area contributed by atoms with Crippen molar-refractivity contribution in [3.8, 4) is 11.3 Å². The number of rotatable bonds is 1. The minimum atomic E-state index is 0.726. The summed E-state index contributed by atoms with van der Waals surface area (Å²) in [5.74, 6) is 1.46. The first-order chi connectivity index (χ1) is 12.9. The quantitative estimate of drug-likeness (QED) is 0.495. The molecule has 1 heterocycles. The Morgan fingerprint density at radius 1 is 0.846 bits per heavy atom. The van der Waals surface area contributed by atoms with Crippen molar-refractivity contribution in [1.82, 2.24) is 9.97 Å². The van der Waals surface area contributed by atoms with Gasteiger partial charge in [0.25, 0.3) is 0 Å². The lowest BCUT2D eigenvalue weighted by molar-refractivity contribution is 0.320. The van der Waals surface area contributed by atoms with Gasteiger partial charge in [0, 0.05) is 24.0 Å². The highest BCUT2D eigenvalue weighted by Gasteiger charge is 2.28. The number of aromatic nitrogens is 2. The second kappa shape index (κ2) is 5.25. The molecule has 2 unspecified atom stereocenters. The second-order valence-corrected chi connectivity index (χ2v) is 7.40. The van der Waals surface area contributed by atoms with E-state index in [-0.39, 0.29) is 0 Å². The van der Waals surface area contributed by atoms with Gasteiger partial charge in [-0.2, -0.15) is 0 Å². The molecule has 2 atom stereocenters. The molecule has 2 nitrogen and oxygen atoms in total. The Morgan fingerprint density at radius 3 is 2.35 bits per heavy atom. The number of hydrogen-bond donors (Lipinski definition) is 0. The number of benzene rings is 3. The van der Waals surface area contributed by atoms with Crippen LogP contribution < -0.4 is 10.4 Å². The summed E-state index contributed by atoms with van der Waals surface area (Å²) in [4.78, 5) is 8.81. The van der Waals surface area contributed by atoms with Gasteiger partial charge in [-0.05, 0) is 68.8 Å². The van der Waals surface area contributed by atoms with E-state index in [0.29, 0.717) is 0 Å². The molecular weight excluding hydrogens is 316 g/mol. The Bertz CT molecular complexity index is 1290. The van der Waals surface area contributed by atoms with Crippen molar-refractivity contribution in [2.75, 3.05) is 0 Å². The van der Waals surface area contributed by atoms with Crippen molar-refractivity contribution in [3.63, 3.8) is 0 Å². The maximum atomic E-state index is 4.54. The summed E-state index contributed by atoms with van der Waals surface area (Å²) >= 11 is 0. The fourth-order valence-corrected chi connectivity index (χ4v) is 4.44. The van der Waals surface area contributed by atoms with Crippen LogP contribution in [0.5, 0.6) is 0 Å². The van der Waals surface area contributed by atoms with Crippen molar-refractivity contribution in [2.24, 2.45) is 11.8 Å².